The summed E-state index contributed by atoms with van der Waals surface area (Å²) >= 11 is 0. The summed E-state index contributed by atoms with van der Waals surface area (Å²) in [5, 5.41) is 10.4. The molecule has 0 aromatic heterocycles. The summed E-state index contributed by atoms with van der Waals surface area (Å²) in [6.45, 7) is -0.298. The van der Waals surface area contributed by atoms with Crippen molar-refractivity contribution in [3.05, 3.63) is 65.7 Å². The molecule has 2 aromatic rings. The summed E-state index contributed by atoms with van der Waals surface area (Å²) < 4.78 is 43.3. The summed E-state index contributed by atoms with van der Waals surface area (Å²) in [7, 11) is 0. The Kier molecular flexibility index (Phi) is 4.20. The Morgan fingerprint density at radius 3 is 2.14 bits per heavy atom. The van der Waals surface area contributed by atoms with Gasteiger partial charge in [0.05, 0.1) is 12.1 Å². The van der Waals surface area contributed by atoms with Crippen molar-refractivity contribution in [1.29, 1.82) is 0 Å². The quantitative estimate of drug-likeness (QED) is 0.853. The van der Waals surface area contributed by atoms with Gasteiger partial charge in [-0.05, 0) is 18.2 Å². The van der Waals surface area contributed by atoms with Gasteiger partial charge >= 0.3 is 6.18 Å². The zero-order chi connectivity index (χ0) is 15.5. The van der Waals surface area contributed by atoms with Gasteiger partial charge in [0.15, 0.2) is 0 Å². The third kappa shape index (κ3) is 3.53. The summed E-state index contributed by atoms with van der Waals surface area (Å²) in [6, 6.07) is 12.5. The minimum atomic E-state index is -4.48. The van der Waals surface area contributed by atoms with Gasteiger partial charge in [-0.25, -0.2) is 0 Å². The van der Waals surface area contributed by atoms with Crippen molar-refractivity contribution in [2.75, 3.05) is 6.54 Å². The molecule has 0 bridgehead atoms. The van der Waals surface area contributed by atoms with E-state index in [1.165, 1.54) is 12.1 Å². The minimum absolute atomic E-state index is 0.110. The Balaban J connectivity index is 2.31. The van der Waals surface area contributed by atoms with Crippen LogP contribution in [0.1, 0.15) is 11.1 Å². The van der Waals surface area contributed by atoms with Gasteiger partial charge in [-0.15, -0.1) is 0 Å². The van der Waals surface area contributed by atoms with Crippen LogP contribution in [-0.4, -0.2) is 11.7 Å². The molecule has 0 radical (unpaired) electrons. The number of benzene rings is 2. The molecule has 0 saturated heterocycles. The largest absolute Gasteiger partial charge is 0.457 e. The van der Waals surface area contributed by atoms with E-state index in [1.54, 1.807) is 30.3 Å². The van der Waals surface area contributed by atoms with Gasteiger partial charge in [-0.2, -0.15) is 13.2 Å². The second kappa shape index (κ2) is 5.75. The highest BCUT2D eigenvalue weighted by atomic mass is 19.4. The van der Waals surface area contributed by atoms with Crippen LogP contribution >= 0.6 is 0 Å². The number of ether oxygens (including phenoxy) is 1. The fourth-order valence-corrected chi connectivity index (χ4v) is 1.85. The van der Waals surface area contributed by atoms with E-state index in [0.29, 0.717) is 5.56 Å². The van der Waals surface area contributed by atoms with E-state index in [4.69, 9.17) is 10.5 Å². The first-order chi connectivity index (χ1) is 9.85. The SMILES string of the molecule is NCC(O)(Oc1cccc(C(F)(F)F)c1)c1ccccc1. The molecule has 0 fully saturated rings. The molecule has 2 aromatic carbocycles. The predicted octanol–water partition coefficient (Wildman–Crippen LogP) is 2.89. The summed E-state index contributed by atoms with van der Waals surface area (Å²) in [6.07, 6.45) is -4.48. The maximum Gasteiger partial charge on any atom is 0.416 e. The number of aliphatic hydroxyl groups is 1. The Morgan fingerprint density at radius 2 is 1.57 bits per heavy atom. The molecule has 0 amide bonds. The van der Waals surface area contributed by atoms with E-state index in [9.17, 15) is 18.3 Å². The van der Waals surface area contributed by atoms with Crippen molar-refractivity contribution in [3.63, 3.8) is 0 Å². The highest BCUT2D eigenvalue weighted by Gasteiger charge is 2.33. The summed E-state index contributed by atoms with van der Waals surface area (Å²) in [5.74, 6) is -1.99. The molecule has 0 aliphatic heterocycles. The average molecular weight is 297 g/mol. The second-order valence-electron chi connectivity index (χ2n) is 4.48. The van der Waals surface area contributed by atoms with E-state index in [1.807, 2.05) is 0 Å². The number of nitrogens with two attached hydrogens (primary N) is 1. The number of hydrogen-bond acceptors (Lipinski definition) is 3. The molecule has 2 rings (SSSR count). The van der Waals surface area contributed by atoms with E-state index in [-0.39, 0.29) is 12.3 Å². The van der Waals surface area contributed by atoms with Gasteiger partial charge < -0.3 is 15.6 Å². The highest BCUT2D eigenvalue weighted by molar-refractivity contribution is 5.32. The van der Waals surface area contributed by atoms with Crippen LogP contribution in [0, 0.1) is 0 Å². The molecule has 1 unspecified atom stereocenters. The van der Waals surface area contributed by atoms with Gasteiger partial charge in [-0.3, -0.25) is 0 Å². The van der Waals surface area contributed by atoms with Gasteiger partial charge in [0.1, 0.15) is 5.75 Å². The van der Waals surface area contributed by atoms with Crippen LogP contribution in [0.2, 0.25) is 0 Å². The molecule has 0 heterocycles. The van der Waals surface area contributed by atoms with Crippen molar-refractivity contribution in [3.8, 4) is 5.75 Å². The lowest BCUT2D eigenvalue weighted by atomic mass is 10.1. The van der Waals surface area contributed by atoms with Crippen molar-refractivity contribution in [2.45, 2.75) is 12.0 Å². The predicted molar refractivity (Wildman–Crippen MR) is 71.5 cm³/mol. The van der Waals surface area contributed by atoms with Crippen molar-refractivity contribution < 1.29 is 23.0 Å². The molecule has 0 spiro atoms. The molecule has 21 heavy (non-hydrogen) atoms. The molecule has 0 aliphatic carbocycles. The van der Waals surface area contributed by atoms with Crippen LogP contribution in [0.25, 0.3) is 0 Å². The zero-order valence-corrected chi connectivity index (χ0v) is 11.0. The van der Waals surface area contributed by atoms with E-state index in [2.05, 4.69) is 0 Å². The standard InChI is InChI=1S/C15H14F3NO2/c16-15(17,18)12-7-4-8-13(9-12)21-14(20,10-19)11-5-2-1-3-6-11/h1-9,20H,10,19H2. The van der Waals surface area contributed by atoms with Crippen LogP contribution in [0.3, 0.4) is 0 Å². The molecule has 1 atom stereocenters. The monoisotopic (exact) mass is 297 g/mol. The fraction of sp³-hybridized carbons (Fsp3) is 0.200. The molecular formula is C15H14F3NO2. The third-order valence-electron chi connectivity index (χ3n) is 2.95. The molecule has 6 heteroatoms. The Labute approximate surface area is 119 Å². The fourth-order valence-electron chi connectivity index (χ4n) is 1.85. The van der Waals surface area contributed by atoms with E-state index < -0.39 is 17.5 Å². The highest BCUT2D eigenvalue weighted by Crippen LogP contribution is 2.33. The smallest absolute Gasteiger partial charge is 0.416 e. The number of hydrogen-bond donors (Lipinski definition) is 2. The molecule has 3 N–H and O–H groups in total. The van der Waals surface area contributed by atoms with Gasteiger partial charge in [0, 0.05) is 5.56 Å². The lowest BCUT2D eigenvalue weighted by Gasteiger charge is -2.28. The maximum absolute atomic E-state index is 12.7. The summed E-state index contributed by atoms with van der Waals surface area (Å²) in [4.78, 5) is 0. The van der Waals surface area contributed by atoms with E-state index in [0.717, 1.165) is 12.1 Å². The first-order valence-corrected chi connectivity index (χ1v) is 6.19. The van der Waals surface area contributed by atoms with Gasteiger partial charge in [-0.1, -0.05) is 36.4 Å². The zero-order valence-electron chi connectivity index (χ0n) is 11.0. The lowest BCUT2D eigenvalue weighted by Crippen LogP contribution is -2.40. The van der Waals surface area contributed by atoms with Crippen LogP contribution in [0.15, 0.2) is 54.6 Å². The van der Waals surface area contributed by atoms with Crippen molar-refractivity contribution in [1.82, 2.24) is 0 Å². The Hall–Kier alpha value is -2.05. The molecule has 0 aliphatic rings. The number of rotatable bonds is 4. The Morgan fingerprint density at radius 1 is 0.952 bits per heavy atom. The maximum atomic E-state index is 12.7. The number of alkyl halides is 3. The van der Waals surface area contributed by atoms with Gasteiger partial charge in [0.2, 0.25) is 5.79 Å². The van der Waals surface area contributed by atoms with Gasteiger partial charge in [0.25, 0.3) is 0 Å². The minimum Gasteiger partial charge on any atom is -0.457 e. The third-order valence-corrected chi connectivity index (χ3v) is 2.95. The molecule has 0 saturated carbocycles. The van der Waals surface area contributed by atoms with Crippen molar-refractivity contribution in [2.24, 2.45) is 5.73 Å². The lowest BCUT2D eigenvalue weighted by molar-refractivity contribution is -0.143. The molecule has 112 valence electrons. The van der Waals surface area contributed by atoms with Crippen molar-refractivity contribution >= 4 is 0 Å². The number of halogens is 3. The van der Waals surface area contributed by atoms with E-state index >= 15 is 0 Å². The first-order valence-electron chi connectivity index (χ1n) is 6.19. The summed E-state index contributed by atoms with van der Waals surface area (Å²) in [5.41, 5.74) is 5.02. The van der Waals surface area contributed by atoms with Crippen LogP contribution in [-0.2, 0) is 12.0 Å². The van der Waals surface area contributed by atoms with Crippen LogP contribution in [0.5, 0.6) is 5.75 Å². The molecule has 3 nitrogen and oxygen atoms in total. The molecular weight excluding hydrogens is 283 g/mol. The first kappa shape index (κ1) is 15.3. The van der Waals surface area contributed by atoms with Crippen LogP contribution in [0.4, 0.5) is 13.2 Å². The average Bonchev–Trinajstić information content (AvgIpc) is 2.47. The second-order valence-corrected chi connectivity index (χ2v) is 4.48. The van der Waals surface area contributed by atoms with Crippen LogP contribution < -0.4 is 10.5 Å². The Bertz CT molecular complexity index is 601. The topological polar surface area (TPSA) is 55.5 Å². The normalized spacial score (nSPS) is 14.5.